The van der Waals surface area contributed by atoms with E-state index in [-0.39, 0.29) is 11.8 Å². The SMILES string of the molecule is COc1ccc(C)cc1-n1cnnc1C1CCCN(C(C)=O)C1. The number of aryl methyl sites for hydroxylation is 1. The molecule has 1 aliphatic rings. The number of nitrogens with zero attached hydrogens (tertiary/aromatic N) is 4. The first-order chi connectivity index (χ1) is 11.1. The molecule has 1 amide bonds. The summed E-state index contributed by atoms with van der Waals surface area (Å²) in [6.45, 7) is 5.19. The van der Waals surface area contributed by atoms with Gasteiger partial charge in [-0.25, -0.2) is 0 Å². The van der Waals surface area contributed by atoms with E-state index < -0.39 is 0 Å². The Morgan fingerprint density at radius 1 is 1.39 bits per heavy atom. The molecule has 0 N–H and O–H groups in total. The summed E-state index contributed by atoms with van der Waals surface area (Å²) < 4.78 is 7.47. The standard InChI is InChI=1S/C17H22N4O2/c1-12-6-7-16(23-3)15(9-12)21-11-18-19-17(21)14-5-4-8-20(10-14)13(2)22/h6-7,9,11,14H,4-5,8,10H2,1-3H3. The molecular formula is C17H22N4O2. The van der Waals surface area contributed by atoms with E-state index in [1.165, 1.54) is 0 Å². The summed E-state index contributed by atoms with van der Waals surface area (Å²) in [6, 6.07) is 6.04. The van der Waals surface area contributed by atoms with Gasteiger partial charge in [0.15, 0.2) is 0 Å². The number of ether oxygens (including phenoxy) is 1. The van der Waals surface area contributed by atoms with Gasteiger partial charge in [-0.15, -0.1) is 10.2 Å². The Hall–Kier alpha value is -2.37. The van der Waals surface area contributed by atoms with Crippen LogP contribution >= 0.6 is 0 Å². The van der Waals surface area contributed by atoms with E-state index in [9.17, 15) is 4.79 Å². The van der Waals surface area contributed by atoms with Gasteiger partial charge in [-0.3, -0.25) is 9.36 Å². The predicted molar refractivity (Wildman–Crippen MR) is 86.9 cm³/mol. The molecule has 1 fully saturated rings. The van der Waals surface area contributed by atoms with Gasteiger partial charge in [-0.1, -0.05) is 6.07 Å². The minimum atomic E-state index is 0.119. The third-order valence-corrected chi connectivity index (χ3v) is 4.40. The van der Waals surface area contributed by atoms with Crippen molar-refractivity contribution in [2.75, 3.05) is 20.2 Å². The largest absolute Gasteiger partial charge is 0.495 e. The van der Waals surface area contributed by atoms with Crippen molar-refractivity contribution in [3.8, 4) is 11.4 Å². The molecule has 0 bridgehead atoms. The fraction of sp³-hybridized carbons (Fsp3) is 0.471. The molecule has 1 aromatic heterocycles. The third kappa shape index (κ3) is 3.06. The zero-order valence-electron chi connectivity index (χ0n) is 13.8. The number of piperidine rings is 1. The molecule has 1 atom stereocenters. The summed E-state index contributed by atoms with van der Waals surface area (Å²) in [5.74, 6) is 1.99. The molecule has 0 saturated carbocycles. The van der Waals surface area contributed by atoms with E-state index in [4.69, 9.17) is 4.74 Å². The highest BCUT2D eigenvalue weighted by molar-refractivity contribution is 5.73. The maximum atomic E-state index is 11.7. The minimum absolute atomic E-state index is 0.119. The topological polar surface area (TPSA) is 60.2 Å². The Morgan fingerprint density at radius 2 is 2.22 bits per heavy atom. The molecule has 23 heavy (non-hydrogen) atoms. The van der Waals surface area contributed by atoms with Crippen LogP contribution < -0.4 is 4.74 Å². The smallest absolute Gasteiger partial charge is 0.219 e. The van der Waals surface area contributed by atoms with E-state index in [1.807, 2.05) is 28.5 Å². The normalized spacial score (nSPS) is 18.0. The maximum absolute atomic E-state index is 11.7. The van der Waals surface area contributed by atoms with Crippen molar-refractivity contribution in [1.82, 2.24) is 19.7 Å². The summed E-state index contributed by atoms with van der Waals surface area (Å²) in [4.78, 5) is 13.6. The first-order valence-electron chi connectivity index (χ1n) is 7.90. The molecule has 2 aromatic rings. The molecule has 6 heteroatoms. The number of benzene rings is 1. The highest BCUT2D eigenvalue weighted by Crippen LogP contribution is 2.30. The fourth-order valence-corrected chi connectivity index (χ4v) is 3.17. The Balaban J connectivity index is 1.97. The first kappa shape index (κ1) is 15.5. The molecule has 6 nitrogen and oxygen atoms in total. The third-order valence-electron chi connectivity index (χ3n) is 4.40. The van der Waals surface area contributed by atoms with Gasteiger partial charge < -0.3 is 9.64 Å². The van der Waals surface area contributed by atoms with Crippen LogP contribution in [0.25, 0.3) is 5.69 Å². The van der Waals surface area contributed by atoms with Crippen molar-refractivity contribution < 1.29 is 9.53 Å². The number of carbonyl (C=O) groups is 1. The van der Waals surface area contributed by atoms with Gasteiger partial charge in [0.25, 0.3) is 0 Å². The van der Waals surface area contributed by atoms with Crippen LogP contribution in [0.15, 0.2) is 24.5 Å². The summed E-state index contributed by atoms with van der Waals surface area (Å²) >= 11 is 0. The van der Waals surface area contributed by atoms with Crippen LogP contribution in [0.5, 0.6) is 5.75 Å². The summed E-state index contributed by atoms with van der Waals surface area (Å²) in [6.07, 6.45) is 3.72. The van der Waals surface area contributed by atoms with E-state index in [1.54, 1.807) is 20.4 Å². The van der Waals surface area contributed by atoms with Crippen molar-refractivity contribution in [2.45, 2.75) is 32.6 Å². The van der Waals surface area contributed by atoms with Crippen LogP contribution in [0, 0.1) is 6.92 Å². The molecular weight excluding hydrogens is 292 g/mol. The average molecular weight is 314 g/mol. The minimum Gasteiger partial charge on any atom is -0.495 e. The summed E-state index contributed by atoms with van der Waals surface area (Å²) in [5.41, 5.74) is 2.09. The van der Waals surface area contributed by atoms with Crippen molar-refractivity contribution >= 4 is 5.91 Å². The van der Waals surface area contributed by atoms with Crippen LogP contribution in [-0.2, 0) is 4.79 Å². The molecule has 1 aliphatic heterocycles. The highest BCUT2D eigenvalue weighted by atomic mass is 16.5. The molecule has 0 radical (unpaired) electrons. The van der Waals surface area contributed by atoms with Gasteiger partial charge in [0.1, 0.15) is 17.9 Å². The second-order valence-corrected chi connectivity index (χ2v) is 6.04. The van der Waals surface area contributed by atoms with Gasteiger partial charge in [0.05, 0.1) is 12.8 Å². The van der Waals surface area contributed by atoms with Gasteiger partial charge in [-0.05, 0) is 37.5 Å². The van der Waals surface area contributed by atoms with Gasteiger partial charge >= 0.3 is 0 Å². The molecule has 1 aromatic carbocycles. The number of hydrogen-bond donors (Lipinski definition) is 0. The van der Waals surface area contributed by atoms with Crippen molar-refractivity contribution in [3.05, 3.63) is 35.9 Å². The lowest BCUT2D eigenvalue weighted by Gasteiger charge is -2.31. The van der Waals surface area contributed by atoms with Gasteiger partial charge in [0.2, 0.25) is 5.91 Å². The zero-order chi connectivity index (χ0) is 16.4. The van der Waals surface area contributed by atoms with Crippen LogP contribution in [0.2, 0.25) is 0 Å². The lowest BCUT2D eigenvalue weighted by Crippen LogP contribution is -2.38. The average Bonchev–Trinajstić information content (AvgIpc) is 3.04. The second-order valence-electron chi connectivity index (χ2n) is 6.04. The van der Waals surface area contributed by atoms with E-state index in [2.05, 4.69) is 16.3 Å². The van der Waals surface area contributed by atoms with Gasteiger partial charge in [0, 0.05) is 25.9 Å². The molecule has 3 rings (SSSR count). The number of methoxy groups -OCH3 is 1. The van der Waals surface area contributed by atoms with Gasteiger partial charge in [-0.2, -0.15) is 0 Å². The van der Waals surface area contributed by atoms with Crippen LogP contribution in [0.4, 0.5) is 0 Å². The highest BCUT2D eigenvalue weighted by Gasteiger charge is 2.27. The van der Waals surface area contributed by atoms with Crippen LogP contribution in [0.1, 0.15) is 37.1 Å². The Kier molecular flexibility index (Phi) is 4.32. The van der Waals surface area contributed by atoms with Crippen molar-refractivity contribution in [2.24, 2.45) is 0 Å². The van der Waals surface area contributed by atoms with Crippen LogP contribution in [0.3, 0.4) is 0 Å². The Bertz CT molecular complexity index is 710. The molecule has 0 spiro atoms. The van der Waals surface area contributed by atoms with E-state index in [0.29, 0.717) is 6.54 Å². The number of amides is 1. The maximum Gasteiger partial charge on any atom is 0.219 e. The Morgan fingerprint density at radius 3 is 2.96 bits per heavy atom. The molecule has 1 unspecified atom stereocenters. The van der Waals surface area contributed by atoms with E-state index >= 15 is 0 Å². The monoisotopic (exact) mass is 314 g/mol. The van der Waals surface area contributed by atoms with E-state index in [0.717, 1.165) is 42.2 Å². The second kappa shape index (κ2) is 6.40. The number of likely N-dealkylation sites (tertiary alicyclic amines) is 1. The molecule has 0 aliphatic carbocycles. The lowest BCUT2D eigenvalue weighted by atomic mass is 9.97. The molecule has 2 heterocycles. The zero-order valence-corrected chi connectivity index (χ0v) is 13.8. The quantitative estimate of drug-likeness (QED) is 0.872. The summed E-state index contributed by atoms with van der Waals surface area (Å²) in [7, 11) is 1.66. The fourth-order valence-electron chi connectivity index (χ4n) is 3.17. The summed E-state index contributed by atoms with van der Waals surface area (Å²) in [5, 5.41) is 8.44. The van der Waals surface area contributed by atoms with Crippen molar-refractivity contribution in [3.63, 3.8) is 0 Å². The molecule has 122 valence electrons. The van der Waals surface area contributed by atoms with Crippen molar-refractivity contribution in [1.29, 1.82) is 0 Å². The van der Waals surface area contributed by atoms with Crippen LogP contribution in [-0.4, -0.2) is 45.8 Å². The Labute approximate surface area is 136 Å². The first-order valence-corrected chi connectivity index (χ1v) is 7.90. The molecule has 1 saturated heterocycles. The lowest BCUT2D eigenvalue weighted by molar-refractivity contribution is -0.130. The number of hydrogen-bond acceptors (Lipinski definition) is 4. The number of carbonyl (C=O) groups excluding carboxylic acids is 1. The number of rotatable bonds is 3. The number of aromatic nitrogens is 3. The predicted octanol–water partition coefficient (Wildman–Crippen LogP) is 2.31.